The molecule has 1 aliphatic heterocycles. The average molecular weight is 467 g/mol. The number of nitrogens with zero attached hydrogens (tertiary/aromatic N) is 2. The Balaban J connectivity index is 1.90. The highest BCUT2D eigenvalue weighted by Gasteiger charge is 2.51. The number of ether oxygens (including phenoxy) is 2. The van der Waals surface area contributed by atoms with Crippen LogP contribution in [0.3, 0.4) is 0 Å². The molecule has 2 heterocycles. The first-order valence-electron chi connectivity index (χ1n) is 11.3. The smallest absolute Gasteiger partial charge is 0.425 e. The van der Waals surface area contributed by atoms with Gasteiger partial charge in [-0.25, -0.2) is 0 Å². The summed E-state index contributed by atoms with van der Waals surface area (Å²) in [5.41, 5.74) is -0.385. The summed E-state index contributed by atoms with van der Waals surface area (Å²) in [4.78, 5) is 23.1. The maximum absolute atomic E-state index is 12.3. The number of epoxide rings is 1. The SMILES string of the molecule is C/C(=C\Cc1cc([N+](=O)[O-])n(C(=O)OC(C)(C)C)c1)CC[C@@H]1O[C@@]1(C)CC[C@@H](O)C(C)(C)O. The number of carbonyl (C=O) groups excluding carboxylic acids is 1. The lowest BCUT2D eigenvalue weighted by Crippen LogP contribution is -2.36. The number of aliphatic hydroxyl groups excluding tert-OH is 1. The summed E-state index contributed by atoms with van der Waals surface area (Å²) in [5, 5.41) is 31.2. The molecule has 2 rings (SSSR count). The lowest BCUT2D eigenvalue weighted by molar-refractivity contribution is -0.390. The van der Waals surface area contributed by atoms with Gasteiger partial charge in [-0.15, -0.1) is 4.57 Å². The Bertz CT molecular complexity index is 892. The molecule has 0 saturated carbocycles. The van der Waals surface area contributed by atoms with Gasteiger partial charge in [0.25, 0.3) is 0 Å². The summed E-state index contributed by atoms with van der Waals surface area (Å²) >= 11 is 0. The second-order valence-electron chi connectivity index (χ2n) is 10.7. The van der Waals surface area contributed by atoms with E-state index in [4.69, 9.17) is 9.47 Å². The summed E-state index contributed by atoms with van der Waals surface area (Å²) in [6.07, 6.45) is 5.22. The molecule has 9 heteroatoms. The third-order valence-corrected chi connectivity index (χ3v) is 5.89. The zero-order chi connectivity index (χ0) is 25.2. The van der Waals surface area contributed by atoms with E-state index in [1.165, 1.54) is 12.3 Å². The summed E-state index contributed by atoms with van der Waals surface area (Å²) in [6.45, 7) is 12.3. The third kappa shape index (κ3) is 7.94. The Labute approximate surface area is 195 Å². The van der Waals surface area contributed by atoms with Crippen LogP contribution in [0, 0.1) is 10.1 Å². The molecular weight excluding hydrogens is 428 g/mol. The number of aliphatic hydroxyl groups is 2. The van der Waals surface area contributed by atoms with Crippen molar-refractivity contribution < 1.29 is 29.4 Å². The molecule has 1 aromatic heterocycles. The minimum atomic E-state index is -1.13. The molecule has 0 aliphatic carbocycles. The molecule has 1 saturated heterocycles. The Morgan fingerprint density at radius 2 is 2.03 bits per heavy atom. The van der Waals surface area contributed by atoms with Crippen LogP contribution < -0.4 is 0 Å². The fraction of sp³-hybridized carbons (Fsp3) is 0.708. The van der Waals surface area contributed by atoms with Crippen LogP contribution in [0.2, 0.25) is 0 Å². The van der Waals surface area contributed by atoms with E-state index in [1.807, 2.05) is 19.9 Å². The zero-order valence-corrected chi connectivity index (χ0v) is 20.8. The van der Waals surface area contributed by atoms with Gasteiger partial charge in [-0.3, -0.25) is 0 Å². The van der Waals surface area contributed by atoms with Crippen LogP contribution in [0.5, 0.6) is 0 Å². The molecule has 0 amide bonds. The Kier molecular flexibility index (Phi) is 8.14. The molecule has 0 unspecified atom stereocenters. The molecule has 186 valence electrons. The first kappa shape index (κ1) is 27.0. The van der Waals surface area contributed by atoms with Crippen LogP contribution in [-0.4, -0.2) is 54.8 Å². The van der Waals surface area contributed by atoms with Crippen molar-refractivity contribution in [3.8, 4) is 0 Å². The predicted octanol–water partition coefficient (Wildman–Crippen LogP) is 4.52. The van der Waals surface area contributed by atoms with E-state index in [2.05, 4.69) is 0 Å². The quantitative estimate of drug-likeness (QED) is 0.225. The van der Waals surface area contributed by atoms with Gasteiger partial charge in [-0.2, -0.15) is 4.79 Å². The van der Waals surface area contributed by atoms with Gasteiger partial charge in [-0.05, 0) is 85.5 Å². The van der Waals surface area contributed by atoms with Crippen LogP contribution in [0.15, 0.2) is 23.9 Å². The number of allylic oxidation sites excluding steroid dienone is 2. The van der Waals surface area contributed by atoms with Crippen LogP contribution >= 0.6 is 0 Å². The Morgan fingerprint density at radius 1 is 1.39 bits per heavy atom. The summed E-state index contributed by atoms with van der Waals surface area (Å²) < 4.78 is 12.0. The highest BCUT2D eigenvalue weighted by Crippen LogP contribution is 2.44. The molecule has 0 aromatic carbocycles. The first-order valence-corrected chi connectivity index (χ1v) is 11.3. The molecule has 0 spiro atoms. The molecule has 0 bridgehead atoms. The van der Waals surface area contributed by atoms with Crippen molar-refractivity contribution >= 4 is 11.9 Å². The van der Waals surface area contributed by atoms with Gasteiger partial charge >= 0.3 is 11.9 Å². The molecule has 0 radical (unpaired) electrons. The predicted molar refractivity (Wildman–Crippen MR) is 124 cm³/mol. The van der Waals surface area contributed by atoms with Crippen molar-refractivity contribution in [2.75, 3.05) is 0 Å². The lowest BCUT2D eigenvalue weighted by Gasteiger charge is -2.25. The van der Waals surface area contributed by atoms with Crippen LogP contribution in [-0.2, 0) is 15.9 Å². The summed E-state index contributed by atoms with van der Waals surface area (Å²) in [5.74, 6) is -0.319. The molecule has 33 heavy (non-hydrogen) atoms. The van der Waals surface area contributed by atoms with E-state index in [9.17, 15) is 25.1 Å². The molecule has 3 atom stereocenters. The Morgan fingerprint density at radius 3 is 2.58 bits per heavy atom. The second kappa shape index (κ2) is 9.95. The maximum Gasteiger partial charge on any atom is 0.512 e. The molecule has 9 nitrogen and oxygen atoms in total. The average Bonchev–Trinajstić information content (AvgIpc) is 3.10. The van der Waals surface area contributed by atoms with Gasteiger partial charge in [0.15, 0.2) is 0 Å². The number of hydrogen-bond donors (Lipinski definition) is 2. The molecule has 1 aromatic rings. The van der Waals surface area contributed by atoms with E-state index < -0.39 is 28.3 Å². The Hall–Kier alpha value is -2.23. The van der Waals surface area contributed by atoms with Gasteiger partial charge in [0, 0.05) is 11.6 Å². The molecule has 1 aliphatic rings. The highest BCUT2D eigenvalue weighted by molar-refractivity contribution is 5.74. The topological polar surface area (TPSA) is 127 Å². The number of carbonyl (C=O) groups is 1. The number of hydrogen-bond acceptors (Lipinski definition) is 7. The summed E-state index contributed by atoms with van der Waals surface area (Å²) in [6, 6.07) is 1.39. The minimum Gasteiger partial charge on any atom is -0.425 e. The molecule has 2 N–H and O–H groups in total. The number of nitro groups is 1. The van der Waals surface area contributed by atoms with Crippen LogP contribution in [0.4, 0.5) is 10.6 Å². The number of rotatable bonds is 10. The van der Waals surface area contributed by atoms with Crippen molar-refractivity contribution in [1.82, 2.24) is 4.57 Å². The van der Waals surface area contributed by atoms with Gasteiger partial charge in [-0.1, -0.05) is 11.6 Å². The van der Waals surface area contributed by atoms with Crippen LogP contribution in [0.1, 0.15) is 79.7 Å². The highest BCUT2D eigenvalue weighted by atomic mass is 16.6. The number of aromatic nitrogens is 1. The largest absolute Gasteiger partial charge is 0.512 e. The second-order valence-corrected chi connectivity index (χ2v) is 10.7. The third-order valence-electron chi connectivity index (χ3n) is 5.89. The fourth-order valence-electron chi connectivity index (χ4n) is 3.62. The first-order chi connectivity index (χ1) is 15.0. The normalized spacial score (nSPS) is 22.2. The van der Waals surface area contributed by atoms with Crippen molar-refractivity contribution in [3.63, 3.8) is 0 Å². The monoisotopic (exact) mass is 466 g/mol. The summed E-state index contributed by atoms with van der Waals surface area (Å²) in [7, 11) is 0. The zero-order valence-electron chi connectivity index (χ0n) is 20.8. The molecule has 1 fully saturated rings. The van der Waals surface area contributed by atoms with E-state index in [-0.39, 0.29) is 17.5 Å². The van der Waals surface area contributed by atoms with E-state index in [0.717, 1.165) is 23.0 Å². The minimum absolute atomic E-state index is 0.101. The van der Waals surface area contributed by atoms with Gasteiger partial charge in [0.05, 0.1) is 23.4 Å². The van der Waals surface area contributed by atoms with E-state index >= 15 is 0 Å². The van der Waals surface area contributed by atoms with Crippen LogP contribution in [0.25, 0.3) is 0 Å². The van der Waals surface area contributed by atoms with E-state index in [1.54, 1.807) is 34.6 Å². The van der Waals surface area contributed by atoms with Crippen molar-refractivity contribution in [2.45, 2.75) is 110 Å². The molecular formula is C24H38N2O7. The van der Waals surface area contributed by atoms with Gasteiger partial charge < -0.3 is 29.8 Å². The van der Waals surface area contributed by atoms with Crippen molar-refractivity contribution in [1.29, 1.82) is 0 Å². The van der Waals surface area contributed by atoms with Gasteiger partial charge in [0.2, 0.25) is 0 Å². The van der Waals surface area contributed by atoms with Crippen molar-refractivity contribution in [2.24, 2.45) is 0 Å². The fourth-order valence-corrected chi connectivity index (χ4v) is 3.62. The maximum atomic E-state index is 12.3. The standard InChI is InChI=1S/C24H38N2O7/c1-16(9-11-19-24(7,32-19)13-12-18(27)23(5,6)29)8-10-17-14-20(26(30)31)25(15-17)21(28)33-22(2,3)4/h8,14-15,18-19,27,29H,9-13H2,1-7H3/b16-8+/t18-,19+,24+/m1/s1. The van der Waals surface area contributed by atoms with Gasteiger partial charge in [0.1, 0.15) is 11.8 Å². The van der Waals surface area contributed by atoms with Crippen molar-refractivity contribution in [3.05, 3.63) is 39.6 Å². The lowest BCUT2D eigenvalue weighted by atomic mass is 9.91. The van der Waals surface area contributed by atoms with E-state index in [0.29, 0.717) is 24.8 Å².